The lowest BCUT2D eigenvalue weighted by Crippen LogP contribution is -2.48. The zero-order valence-corrected chi connectivity index (χ0v) is 14.4. The largest absolute Gasteiger partial charge is 0.329 e. The molecule has 3 unspecified atom stereocenters. The fourth-order valence-corrected chi connectivity index (χ4v) is 4.22. The summed E-state index contributed by atoms with van der Waals surface area (Å²) >= 11 is 11.6. The summed E-state index contributed by atoms with van der Waals surface area (Å²) in [6, 6.07) is 6.94. The molecule has 1 saturated heterocycles. The summed E-state index contributed by atoms with van der Waals surface area (Å²) < 4.78 is 0.942. The standard InChI is InChI=1S/C14H20BrClN2S/c1-9-10(2)19-6-5-18(9)14(8-17)11-3-4-13(16)12(15)7-11/h3-4,7,9-10,14H,5-6,8,17H2,1-2H3. The molecule has 2 N–H and O–H groups in total. The normalized spacial score (nSPS) is 26.4. The Labute approximate surface area is 133 Å². The Hall–Kier alpha value is 0.260. The fraction of sp³-hybridized carbons (Fsp3) is 0.571. The van der Waals surface area contributed by atoms with Crippen molar-refractivity contribution in [2.45, 2.75) is 31.2 Å². The molecule has 0 aromatic heterocycles. The second kappa shape index (κ2) is 6.81. The Morgan fingerprint density at radius 2 is 2.26 bits per heavy atom. The van der Waals surface area contributed by atoms with Crippen LogP contribution in [0.2, 0.25) is 5.02 Å². The van der Waals surface area contributed by atoms with Crippen molar-refractivity contribution in [2.75, 3.05) is 18.8 Å². The highest BCUT2D eigenvalue weighted by Gasteiger charge is 2.30. The van der Waals surface area contributed by atoms with E-state index in [1.165, 1.54) is 11.3 Å². The number of nitrogens with zero attached hydrogens (tertiary/aromatic N) is 1. The van der Waals surface area contributed by atoms with E-state index in [1.807, 2.05) is 17.8 Å². The third-order valence-corrected chi connectivity index (χ3v) is 6.44. The van der Waals surface area contributed by atoms with Gasteiger partial charge in [0.2, 0.25) is 0 Å². The molecule has 0 saturated carbocycles. The lowest BCUT2D eigenvalue weighted by atomic mass is 10.0. The van der Waals surface area contributed by atoms with Gasteiger partial charge in [-0.1, -0.05) is 24.6 Å². The number of halogens is 2. The third kappa shape index (κ3) is 3.48. The number of hydrogen-bond donors (Lipinski definition) is 1. The highest BCUT2D eigenvalue weighted by atomic mass is 79.9. The molecular weight excluding hydrogens is 344 g/mol. The van der Waals surface area contributed by atoms with Gasteiger partial charge in [-0.3, -0.25) is 4.90 Å². The van der Waals surface area contributed by atoms with Gasteiger partial charge < -0.3 is 5.73 Å². The van der Waals surface area contributed by atoms with Crippen LogP contribution in [0.3, 0.4) is 0 Å². The Balaban J connectivity index is 2.25. The van der Waals surface area contributed by atoms with Crippen molar-refractivity contribution >= 4 is 39.3 Å². The molecule has 2 rings (SSSR count). The maximum atomic E-state index is 6.07. The maximum Gasteiger partial charge on any atom is 0.0548 e. The molecule has 0 spiro atoms. The van der Waals surface area contributed by atoms with Crippen molar-refractivity contribution < 1.29 is 0 Å². The maximum absolute atomic E-state index is 6.07. The van der Waals surface area contributed by atoms with E-state index in [0.29, 0.717) is 17.8 Å². The van der Waals surface area contributed by atoms with Crippen LogP contribution in [-0.2, 0) is 0 Å². The molecule has 106 valence electrons. The molecule has 2 nitrogen and oxygen atoms in total. The number of thioether (sulfide) groups is 1. The summed E-state index contributed by atoms with van der Waals surface area (Å²) in [5.74, 6) is 1.18. The highest BCUT2D eigenvalue weighted by molar-refractivity contribution is 9.10. The van der Waals surface area contributed by atoms with Crippen molar-refractivity contribution in [1.29, 1.82) is 0 Å². The fourth-order valence-electron chi connectivity index (χ4n) is 2.58. The minimum Gasteiger partial charge on any atom is -0.329 e. The minimum atomic E-state index is 0.270. The molecule has 1 fully saturated rings. The van der Waals surface area contributed by atoms with E-state index in [-0.39, 0.29) is 6.04 Å². The van der Waals surface area contributed by atoms with Gasteiger partial charge in [0, 0.05) is 40.6 Å². The van der Waals surface area contributed by atoms with Gasteiger partial charge in [0.25, 0.3) is 0 Å². The zero-order chi connectivity index (χ0) is 14.0. The van der Waals surface area contributed by atoms with Crippen LogP contribution < -0.4 is 5.73 Å². The van der Waals surface area contributed by atoms with Gasteiger partial charge in [-0.15, -0.1) is 0 Å². The van der Waals surface area contributed by atoms with E-state index in [0.717, 1.165) is 16.0 Å². The van der Waals surface area contributed by atoms with E-state index in [4.69, 9.17) is 17.3 Å². The van der Waals surface area contributed by atoms with Crippen molar-refractivity contribution in [3.05, 3.63) is 33.3 Å². The molecule has 3 atom stereocenters. The first-order valence-corrected chi connectivity index (χ1v) is 8.79. The van der Waals surface area contributed by atoms with Gasteiger partial charge >= 0.3 is 0 Å². The minimum absolute atomic E-state index is 0.270. The number of nitrogens with two attached hydrogens (primary N) is 1. The Morgan fingerprint density at radius 3 is 2.89 bits per heavy atom. The molecule has 0 aliphatic carbocycles. The van der Waals surface area contributed by atoms with E-state index in [2.05, 4.69) is 46.8 Å². The first-order valence-electron chi connectivity index (χ1n) is 6.57. The molecule has 5 heteroatoms. The van der Waals surface area contributed by atoms with E-state index >= 15 is 0 Å². The lowest BCUT2D eigenvalue weighted by molar-refractivity contribution is 0.150. The van der Waals surface area contributed by atoms with Gasteiger partial charge in [-0.25, -0.2) is 0 Å². The van der Waals surface area contributed by atoms with Gasteiger partial charge in [0.1, 0.15) is 0 Å². The van der Waals surface area contributed by atoms with E-state index in [1.54, 1.807) is 0 Å². The predicted molar refractivity (Wildman–Crippen MR) is 89.0 cm³/mol. The van der Waals surface area contributed by atoms with Crippen molar-refractivity contribution in [2.24, 2.45) is 5.73 Å². The van der Waals surface area contributed by atoms with Gasteiger partial charge in [0.05, 0.1) is 5.02 Å². The van der Waals surface area contributed by atoms with E-state index < -0.39 is 0 Å². The molecule has 0 radical (unpaired) electrons. The molecule has 1 aromatic rings. The Kier molecular flexibility index (Phi) is 5.61. The third-order valence-electron chi connectivity index (χ3n) is 3.88. The van der Waals surface area contributed by atoms with Crippen LogP contribution in [0.4, 0.5) is 0 Å². The Morgan fingerprint density at radius 1 is 1.53 bits per heavy atom. The summed E-state index contributed by atoms with van der Waals surface area (Å²) in [7, 11) is 0. The Bertz CT molecular complexity index is 443. The number of rotatable bonds is 3. The quantitative estimate of drug-likeness (QED) is 0.882. The SMILES string of the molecule is CC1SCCN(C(CN)c2ccc(Cl)c(Br)c2)C1C. The van der Waals surface area contributed by atoms with Crippen LogP contribution in [0.1, 0.15) is 25.5 Å². The molecule has 0 amide bonds. The van der Waals surface area contributed by atoms with Crippen LogP contribution in [0, 0.1) is 0 Å². The number of benzene rings is 1. The summed E-state index contributed by atoms with van der Waals surface area (Å²) in [6.45, 7) is 6.32. The molecule has 1 heterocycles. The summed E-state index contributed by atoms with van der Waals surface area (Å²) in [5, 5.41) is 1.40. The molecule has 1 aromatic carbocycles. The monoisotopic (exact) mass is 362 g/mol. The van der Waals surface area contributed by atoms with Crippen LogP contribution in [-0.4, -0.2) is 35.0 Å². The van der Waals surface area contributed by atoms with Gasteiger partial charge in [-0.2, -0.15) is 11.8 Å². The first kappa shape index (κ1) is 15.6. The van der Waals surface area contributed by atoms with Crippen LogP contribution >= 0.6 is 39.3 Å². The second-order valence-corrected chi connectivity index (χ2v) is 7.73. The lowest BCUT2D eigenvalue weighted by Gasteiger charge is -2.42. The van der Waals surface area contributed by atoms with Crippen LogP contribution in [0.25, 0.3) is 0 Å². The highest BCUT2D eigenvalue weighted by Crippen LogP contribution is 2.33. The zero-order valence-electron chi connectivity index (χ0n) is 11.3. The summed E-state index contributed by atoms with van der Waals surface area (Å²) in [6.07, 6.45) is 0. The summed E-state index contributed by atoms with van der Waals surface area (Å²) in [5.41, 5.74) is 7.28. The van der Waals surface area contributed by atoms with Crippen LogP contribution in [0.5, 0.6) is 0 Å². The average Bonchev–Trinajstić information content (AvgIpc) is 2.39. The van der Waals surface area contributed by atoms with Crippen molar-refractivity contribution in [3.63, 3.8) is 0 Å². The van der Waals surface area contributed by atoms with E-state index in [9.17, 15) is 0 Å². The van der Waals surface area contributed by atoms with Crippen molar-refractivity contribution in [3.8, 4) is 0 Å². The molecule has 19 heavy (non-hydrogen) atoms. The predicted octanol–water partition coefficient (Wildman–Crippen LogP) is 3.93. The topological polar surface area (TPSA) is 29.3 Å². The smallest absolute Gasteiger partial charge is 0.0548 e. The number of hydrogen-bond acceptors (Lipinski definition) is 3. The van der Waals surface area contributed by atoms with Crippen LogP contribution in [0.15, 0.2) is 22.7 Å². The molecule has 1 aliphatic heterocycles. The molecule has 1 aliphatic rings. The van der Waals surface area contributed by atoms with Gasteiger partial charge in [0.15, 0.2) is 0 Å². The molecule has 0 bridgehead atoms. The first-order chi connectivity index (χ1) is 9.04. The van der Waals surface area contributed by atoms with Gasteiger partial charge in [-0.05, 0) is 40.5 Å². The average molecular weight is 364 g/mol. The molecular formula is C14H20BrClN2S. The summed E-state index contributed by atoms with van der Waals surface area (Å²) in [4.78, 5) is 2.52. The second-order valence-electron chi connectivity index (χ2n) is 4.98. The van der Waals surface area contributed by atoms with Crippen molar-refractivity contribution in [1.82, 2.24) is 4.90 Å².